The number of methoxy groups -OCH3 is 1. The maximum Gasteiger partial charge on any atom is 0.416 e. The van der Waals surface area contributed by atoms with Gasteiger partial charge in [-0.05, 0) is 55.0 Å². The molecule has 38 heavy (non-hydrogen) atoms. The number of hydrogen-bond donors (Lipinski definition) is 1. The minimum absolute atomic E-state index is 0.0369. The Kier molecular flexibility index (Phi) is 8.42. The van der Waals surface area contributed by atoms with E-state index in [-0.39, 0.29) is 49.8 Å². The van der Waals surface area contributed by atoms with E-state index in [0.29, 0.717) is 24.1 Å². The summed E-state index contributed by atoms with van der Waals surface area (Å²) in [5.74, 6) is -0.540. The van der Waals surface area contributed by atoms with Crippen molar-refractivity contribution in [1.82, 2.24) is 14.9 Å². The first kappa shape index (κ1) is 29.0. The molecule has 0 bridgehead atoms. The number of amides is 1. The first-order chi connectivity index (χ1) is 17.7. The van der Waals surface area contributed by atoms with Gasteiger partial charge in [-0.15, -0.1) is 0 Å². The van der Waals surface area contributed by atoms with Crippen LogP contribution < -0.4 is 4.90 Å². The van der Waals surface area contributed by atoms with Crippen LogP contribution in [0, 0.1) is 0 Å². The van der Waals surface area contributed by atoms with Crippen molar-refractivity contribution in [2.24, 2.45) is 0 Å². The zero-order valence-electron chi connectivity index (χ0n) is 20.6. The van der Waals surface area contributed by atoms with Crippen molar-refractivity contribution in [2.45, 2.75) is 63.6 Å². The van der Waals surface area contributed by atoms with Crippen molar-refractivity contribution in [3.05, 3.63) is 52.8 Å². The Morgan fingerprint density at radius 3 is 2.11 bits per heavy atom. The van der Waals surface area contributed by atoms with E-state index in [0.717, 1.165) is 4.90 Å². The molecule has 0 spiro atoms. The molecule has 3 rings (SSSR count). The number of alkyl halides is 6. The maximum absolute atomic E-state index is 13.5. The van der Waals surface area contributed by atoms with Crippen LogP contribution in [0.2, 0.25) is 0 Å². The number of carbonyl (C=O) groups is 2. The number of aromatic nitrogens is 2. The van der Waals surface area contributed by atoms with E-state index >= 15 is 0 Å². The summed E-state index contributed by atoms with van der Waals surface area (Å²) < 4.78 is 85.5. The topological polar surface area (TPSA) is 95.9 Å². The lowest BCUT2D eigenvalue weighted by atomic mass is 9.98. The summed E-state index contributed by atoms with van der Waals surface area (Å²) in [5.41, 5.74) is -4.08. The number of halogens is 6. The van der Waals surface area contributed by atoms with Gasteiger partial charge in [0.15, 0.2) is 0 Å². The summed E-state index contributed by atoms with van der Waals surface area (Å²) >= 11 is 0. The van der Waals surface area contributed by atoms with E-state index in [2.05, 4.69) is 14.7 Å². The number of carbonyl (C=O) groups excluding carboxylic acids is 1. The van der Waals surface area contributed by atoms with Crippen molar-refractivity contribution < 1.29 is 45.8 Å². The highest BCUT2D eigenvalue weighted by Crippen LogP contribution is 2.41. The molecule has 1 atom stereocenters. The third kappa shape index (κ3) is 6.27. The quantitative estimate of drug-likeness (QED) is 0.344. The molecule has 1 aliphatic rings. The van der Waals surface area contributed by atoms with Gasteiger partial charge in [-0.1, -0.05) is 6.92 Å². The molecular formula is C24H26F6N4O4. The molecule has 1 fully saturated rings. The van der Waals surface area contributed by atoms with Gasteiger partial charge in [0.2, 0.25) is 5.95 Å². The molecule has 1 aromatic carbocycles. The number of hydrogen-bond acceptors (Lipinski definition) is 6. The summed E-state index contributed by atoms with van der Waals surface area (Å²) in [6.45, 7) is 1.27. The van der Waals surface area contributed by atoms with Crippen molar-refractivity contribution in [3.63, 3.8) is 0 Å². The fourth-order valence-corrected chi connectivity index (χ4v) is 4.64. The smallest absolute Gasteiger partial charge is 0.416 e. The van der Waals surface area contributed by atoms with Crippen LogP contribution in [0.3, 0.4) is 0 Å². The van der Waals surface area contributed by atoms with E-state index in [1.165, 1.54) is 24.4 Å². The predicted octanol–water partition coefficient (Wildman–Crippen LogP) is 5.51. The molecule has 0 radical (unpaired) electrons. The Bertz CT molecular complexity index is 1120. The third-order valence-electron chi connectivity index (χ3n) is 6.53. The van der Waals surface area contributed by atoms with Crippen molar-refractivity contribution in [3.8, 4) is 0 Å². The van der Waals surface area contributed by atoms with E-state index in [4.69, 9.17) is 0 Å². The van der Waals surface area contributed by atoms with E-state index in [1.54, 1.807) is 6.92 Å². The van der Waals surface area contributed by atoms with E-state index in [9.17, 15) is 41.0 Å². The molecule has 1 unspecified atom stereocenters. The standard InChI is InChI=1S/C24H26F6N4O4/c1-3-22(7-4-8-33(22)21(36)37)34(20-31-12-15(13-32-20)5-6-19(35)38-2)14-16-9-17(23(25,26)27)11-18(10-16)24(28,29)30/h9-13H,3-8,14H2,1-2H3,(H,36,37). The van der Waals surface area contributed by atoms with E-state index < -0.39 is 47.7 Å². The largest absolute Gasteiger partial charge is 0.469 e. The summed E-state index contributed by atoms with van der Waals surface area (Å²) in [6, 6.07) is 1.25. The second-order valence-electron chi connectivity index (χ2n) is 8.84. The van der Waals surface area contributed by atoms with Crippen molar-refractivity contribution in [2.75, 3.05) is 18.6 Å². The number of ether oxygens (including phenoxy) is 1. The Morgan fingerprint density at radius 1 is 1.05 bits per heavy atom. The van der Waals surface area contributed by atoms with Crippen LogP contribution in [0.5, 0.6) is 0 Å². The van der Waals surface area contributed by atoms with Crippen molar-refractivity contribution >= 4 is 18.0 Å². The van der Waals surface area contributed by atoms with Gasteiger partial charge < -0.3 is 14.7 Å². The average molecular weight is 548 g/mol. The highest BCUT2D eigenvalue weighted by Gasteiger charge is 2.48. The van der Waals surface area contributed by atoms with Crippen molar-refractivity contribution in [1.29, 1.82) is 0 Å². The minimum Gasteiger partial charge on any atom is -0.469 e. The molecule has 0 aliphatic carbocycles. The highest BCUT2D eigenvalue weighted by atomic mass is 19.4. The molecule has 1 saturated heterocycles. The Labute approximate surface area is 214 Å². The monoisotopic (exact) mass is 548 g/mol. The Hall–Kier alpha value is -3.58. The van der Waals surface area contributed by atoms with Gasteiger partial charge in [0.05, 0.1) is 18.2 Å². The molecule has 1 amide bonds. The number of aryl methyl sites for hydroxylation is 1. The minimum atomic E-state index is -5.04. The van der Waals surface area contributed by atoms with Crippen LogP contribution >= 0.6 is 0 Å². The molecule has 2 aromatic rings. The molecule has 14 heteroatoms. The van der Waals surface area contributed by atoms with Gasteiger partial charge in [0.1, 0.15) is 5.66 Å². The highest BCUT2D eigenvalue weighted by molar-refractivity contribution is 5.69. The summed E-state index contributed by atoms with van der Waals surface area (Å²) in [4.78, 5) is 34.5. The summed E-state index contributed by atoms with van der Waals surface area (Å²) in [5, 5.41) is 9.85. The molecule has 1 aliphatic heterocycles. The second kappa shape index (κ2) is 11.0. The summed E-state index contributed by atoms with van der Waals surface area (Å²) in [7, 11) is 1.23. The molecule has 0 saturated carbocycles. The molecule has 1 aromatic heterocycles. The number of benzene rings is 1. The number of nitrogens with zero attached hydrogens (tertiary/aromatic N) is 4. The SMILES string of the molecule is CCC1(N(Cc2cc(C(F)(F)F)cc(C(F)(F)F)c2)c2ncc(CCC(=O)OC)cn2)CCCN1C(=O)O. The van der Waals surface area contributed by atoms with Gasteiger partial charge >= 0.3 is 24.4 Å². The van der Waals surface area contributed by atoms with Gasteiger partial charge in [0.25, 0.3) is 0 Å². The first-order valence-electron chi connectivity index (χ1n) is 11.7. The fraction of sp³-hybridized carbons (Fsp3) is 0.500. The van der Waals surface area contributed by atoms with Crippen LogP contribution in [0.15, 0.2) is 30.6 Å². The maximum atomic E-state index is 13.5. The molecule has 1 N–H and O–H groups in total. The third-order valence-corrected chi connectivity index (χ3v) is 6.53. The predicted molar refractivity (Wildman–Crippen MR) is 122 cm³/mol. The van der Waals surface area contributed by atoms with Gasteiger partial charge in [-0.3, -0.25) is 9.69 Å². The van der Waals surface area contributed by atoms with Gasteiger partial charge in [0, 0.05) is 31.9 Å². The molecular weight excluding hydrogens is 522 g/mol. The average Bonchev–Trinajstić information content (AvgIpc) is 3.30. The van der Waals surface area contributed by atoms with Crippen LogP contribution in [-0.2, 0) is 34.8 Å². The lowest BCUT2D eigenvalue weighted by Crippen LogP contribution is -2.59. The lowest BCUT2D eigenvalue weighted by molar-refractivity contribution is -0.143. The number of esters is 1. The van der Waals surface area contributed by atoms with Crippen LogP contribution in [0.1, 0.15) is 54.9 Å². The lowest BCUT2D eigenvalue weighted by Gasteiger charge is -2.45. The Balaban J connectivity index is 2.10. The molecule has 2 heterocycles. The number of rotatable bonds is 8. The van der Waals surface area contributed by atoms with Crippen LogP contribution in [0.4, 0.5) is 37.1 Å². The zero-order valence-corrected chi connectivity index (χ0v) is 20.6. The number of likely N-dealkylation sites (tertiary alicyclic amines) is 1. The zero-order chi connectivity index (χ0) is 28.3. The van der Waals surface area contributed by atoms with E-state index in [1.807, 2.05) is 0 Å². The van der Waals surface area contributed by atoms with Crippen LogP contribution in [0.25, 0.3) is 0 Å². The van der Waals surface area contributed by atoms with Crippen LogP contribution in [-0.4, -0.2) is 51.4 Å². The Morgan fingerprint density at radius 2 is 1.63 bits per heavy atom. The fourth-order valence-electron chi connectivity index (χ4n) is 4.64. The number of anilines is 1. The number of carboxylic acid groups (broad SMARTS) is 1. The van der Waals surface area contributed by atoms with Gasteiger partial charge in [-0.25, -0.2) is 14.8 Å². The first-order valence-corrected chi connectivity index (χ1v) is 11.7. The molecule has 8 nitrogen and oxygen atoms in total. The normalized spacial score (nSPS) is 17.9. The second-order valence-corrected chi connectivity index (χ2v) is 8.84. The summed E-state index contributed by atoms with van der Waals surface area (Å²) in [6.07, 6.45) is -7.51. The van der Waals surface area contributed by atoms with Gasteiger partial charge in [-0.2, -0.15) is 26.3 Å². The molecule has 208 valence electrons.